The molecule has 1 atom stereocenters. The Hall–Kier alpha value is -2.29. The number of allylic oxidation sites excluding steroid dienone is 2. The molecule has 0 saturated carbocycles. The van der Waals surface area contributed by atoms with Crippen LogP contribution in [-0.2, 0) is 16.1 Å². The van der Waals surface area contributed by atoms with Crippen LogP contribution in [-0.4, -0.2) is 12.4 Å². The minimum absolute atomic E-state index is 0.0726. The molecular formula is C21H22O2. The van der Waals surface area contributed by atoms with Crippen molar-refractivity contribution in [1.29, 1.82) is 0 Å². The Kier molecular flexibility index (Phi) is 7.18. The lowest BCUT2D eigenvalue weighted by atomic mass is 9.93. The van der Waals surface area contributed by atoms with Gasteiger partial charge in [-0.15, -0.1) is 12.3 Å². The third-order valence-electron chi connectivity index (χ3n) is 3.90. The second-order valence-electron chi connectivity index (χ2n) is 5.66. The summed E-state index contributed by atoms with van der Waals surface area (Å²) in [7, 11) is 0. The van der Waals surface area contributed by atoms with Gasteiger partial charge in [0.05, 0.1) is 12.7 Å². The summed E-state index contributed by atoms with van der Waals surface area (Å²) in [6.07, 6.45) is 11.4. The van der Waals surface area contributed by atoms with Crippen molar-refractivity contribution >= 4 is 6.29 Å². The molecule has 0 amide bonds. The summed E-state index contributed by atoms with van der Waals surface area (Å²) in [6.45, 7) is 0.539. The number of carbonyl (C=O) groups is 1. The highest BCUT2D eigenvalue weighted by molar-refractivity contribution is 5.76. The van der Waals surface area contributed by atoms with E-state index >= 15 is 0 Å². The van der Waals surface area contributed by atoms with Crippen LogP contribution in [0.15, 0.2) is 41.5 Å². The van der Waals surface area contributed by atoms with Crippen molar-refractivity contribution in [1.82, 2.24) is 0 Å². The topological polar surface area (TPSA) is 26.3 Å². The van der Waals surface area contributed by atoms with Gasteiger partial charge in [0.2, 0.25) is 0 Å². The maximum atomic E-state index is 11.1. The number of carbonyl (C=O) groups excluding carboxylic acids is 1. The predicted octanol–water partition coefficient (Wildman–Crippen LogP) is 4.06. The van der Waals surface area contributed by atoms with Crippen molar-refractivity contribution in [2.75, 3.05) is 0 Å². The number of aldehydes is 1. The van der Waals surface area contributed by atoms with E-state index in [1.54, 1.807) is 0 Å². The molecule has 23 heavy (non-hydrogen) atoms. The fraction of sp³-hybridized carbons (Fsp3) is 0.381. The Labute approximate surface area is 138 Å². The summed E-state index contributed by atoms with van der Waals surface area (Å²) in [6, 6.07) is 10.0. The summed E-state index contributed by atoms with van der Waals surface area (Å²) in [5.74, 6) is 8.96. The van der Waals surface area contributed by atoms with E-state index < -0.39 is 0 Å². The van der Waals surface area contributed by atoms with Crippen molar-refractivity contribution in [3.8, 4) is 24.2 Å². The van der Waals surface area contributed by atoms with E-state index in [0.29, 0.717) is 19.4 Å². The van der Waals surface area contributed by atoms with Crippen LogP contribution >= 0.6 is 0 Å². The van der Waals surface area contributed by atoms with Crippen LogP contribution in [0.3, 0.4) is 0 Å². The summed E-state index contributed by atoms with van der Waals surface area (Å²) in [5, 5.41) is 0. The Morgan fingerprint density at radius 1 is 1.17 bits per heavy atom. The van der Waals surface area contributed by atoms with Crippen molar-refractivity contribution in [3.05, 3.63) is 47.0 Å². The molecule has 0 aliphatic heterocycles. The Balaban J connectivity index is 1.92. The van der Waals surface area contributed by atoms with E-state index in [4.69, 9.17) is 11.2 Å². The molecule has 0 radical (unpaired) electrons. The molecule has 1 aliphatic carbocycles. The smallest absolute Gasteiger partial charge is 0.146 e. The summed E-state index contributed by atoms with van der Waals surface area (Å²) >= 11 is 0. The zero-order valence-corrected chi connectivity index (χ0v) is 13.4. The van der Waals surface area contributed by atoms with Gasteiger partial charge in [0.1, 0.15) is 6.29 Å². The van der Waals surface area contributed by atoms with Gasteiger partial charge in [0, 0.05) is 24.0 Å². The number of terminal acetylenes is 1. The van der Waals surface area contributed by atoms with Crippen LogP contribution in [0.25, 0.3) is 0 Å². The second kappa shape index (κ2) is 9.67. The lowest BCUT2D eigenvalue weighted by Crippen LogP contribution is -2.11. The van der Waals surface area contributed by atoms with Crippen LogP contribution in [0.2, 0.25) is 0 Å². The van der Waals surface area contributed by atoms with Gasteiger partial charge in [-0.1, -0.05) is 42.2 Å². The monoisotopic (exact) mass is 306 g/mol. The summed E-state index contributed by atoms with van der Waals surface area (Å²) in [5.41, 5.74) is 2.98. The zero-order valence-electron chi connectivity index (χ0n) is 13.4. The van der Waals surface area contributed by atoms with E-state index in [2.05, 4.69) is 17.8 Å². The van der Waals surface area contributed by atoms with Crippen molar-refractivity contribution in [3.63, 3.8) is 0 Å². The van der Waals surface area contributed by atoms with Gasteiger partial charge in [-0.2, -0.15) is 0 Å². The summed E-state index contributed by atoms with van der Waals surface area (Å²) in [4.78, 5) is 11.1. The molecule has 1 unspecified atom stereocenters. The third kappa shape index (κ3) is 5.78. The van der Waals surface area contributed by atoms with Gasteiger partial charge >= 0.3 is 0 Å². The largest absolute Gasteiger partial charge is 0.372 e. The molecule has 2 heteroatoms. The lowest BCUT2D eigenvalue weighted by Gasteiger charge is -2.13. The summed E-state index contributed by atoms with van der Waals surface area (Å²) < 4.78 is 5.88. The molecule has 0 spiro atoms. The standard InChI is InChI=1S/C21H22O2/c1-2-9-21(23-17-18-10-4-3-5-11-18)15-8-14-19-12-6-7-13-20(19)16-22/h1,3-5,10-11,16,21H,6-7,9,12-13,15,17H2. The van der Waals surface area contributed by atoms with Crippen LogP contribution in [0.4, 0.5) is 0 Å². The molecule has 0 N–H and O–H groups in total. The van der Waals surface area contributed by atoms with Gasteiger partial charge in [-0.25, -0.2) is 0 Å². The number of hydrogen-bond acceptors (Lipinski definition) is 2. The van der Waals surface area contributed by atoms with Crippen LogP contribution in [0.1, 0.15) is 44.1 Å². The molecule has 1 aromatic rings. The Morgan fingerprint density at radius 2 is 1.96 bits per heavy atom. The number of hydrogen-bond donors (Lipinski definition) is 0. The van der Waals surface area contributed by atoms with E-state index in [0.717, 1.165) is 48.7 Å². The van der Waals surface area contributed by atoms with E-state index in [1.165, 1.54) is 0 Å². The first-order chi connectivity index (χ1) is 11.3. The van der Waals surface area contributed by atoms with Crippen LogP contribution in [0, 0.1) is 24.2 Å². The van der Waals surface area contributed by atoms with Gasteiger partial charge in [0.15, 0.2) is 0 Å². The molecule has 0 heterocycles. The van der Waals surface area contributed by atoms with Gasteiger partial charge < -0.3 is 4.74 Å². The van der Waals surface area contributed by atoms with Crippen molar-refractivity contribution in [2.24, 2.45) is 0 Å². The molecule has 0 fully saturated rings. The molecule has 0 aromatic heterocycles. The Bertz CT molecular complexity index is 638. The molecule has 0 saturated heterocycles. The predicted molar refractivity (Wildman–Crippen MR) is 92.4 cm³/mol. The van der Waals surface area contributed by atoms with Gasteiger partial charge in [-0.05, 0) is 31.2 Å². The van der Waals surface area contributed by atoms with Crippen molar-refractivity contribution < 1.29 is 9.53 Å². The van der Waals surface area contributed by atoms with Gasteiger partial charge in [0.25, 0.3) is 0 Å². The number of rotatable bonds is 6. The average Bonchev–Trinajstić information content (AvgIpc) is 2.61. The normalized spacial score (nSPS) is 15.3. The van der Waals surface area contributed by atoms with E-state index in [9.17, 15) is 4.79 Å². The zero-order chi connectivity index (χ0) is 16.3. The minimum atomic E-state index is -0.0726. The van der Waals surface area contributed by atoms with Crippen LogP contribution in [0.5, 0.6) is 0 Å². The number of ether oxygens (including phenoxy) is 1. The first kappa shape index (κ1) is 17.1. The molecule has 1 aromatic carbocycles. The second-order valence-corrected chi connectivity index (χ2v) is 5.66. The minimum Gasteiger partial charge on any atom is -0.372 e. The van der Waals surface area contributed by atoms with E-state index in [1.807, 2.05) is 30.3 Å². The first-order valence-electron chi connectivity index (χ1n) is 8.08. The molecule has 2 rings (SSSR count). The maximum Gasteiger partial charge on any atom is 0.146 e. The SMILES string of the molecule is C#CCC(CC#CC1=C(C=O)CCCC1)OCc1ccccc1. The van der Waals surface area contributed by atoms with Crippen molar-refractivity contribution in [2.45, 2.75) is 51.2 Å². The molecule has 0 bridgehead atoms. The quantitative estimate of drug-likeness (QED) is 0.585. The third-order valence-corrected chi connectivity index (χ3v) is 3.90. The highest BCUT2D eigenvalue weighted by Gasteiger charge is 2.10. The lowest BCUT2D eigenvalue weighted by molar-refractivity contribution is -0.105. The highest BCUT2D eigenvalue weighted by Crippen LogP contribution is 2.22. The molecule has 1 aliphatic rings. The van der Waals surface area contributed by atoms with Gasteiger partial charge in [-0.3, -0.25) is 4.79 Å². The fourth-order valence-electron chi connectivity index (χ4n) is 2.58. The fourth-order valence-corrected chi connectivity index (χ4v) is 2.58. The van der Waals surface area contributed by atoms with E-state index in [-0.39, 0.29) is 6.10 Å². The molecular weight excluding hydrogens is 284 g/mol. The highest BCUT2D eigenvalue weighted by atomic mass is 16.5. The average molecular weight is 306 g/mol. The molecule has 118 valence electrons. The number of benzene rings is 1. The molecule has 2 nitrogen and oxygen atoms in total. The maximum absolute atomic E-state index is 11.1. The Morgan fingerprint density at radius 3 is 2.70 bits per heavy atom. The van der Waals surface area contributed by atoms with Crippen LogP contribution < -0.4 is 0 Å². The first-order valence-corrected chi connectivity index (χ1v) is 8.08.